The highest BCUT2D eigenvalue weighted by molar-refractivity contribution is 6.02. The Hall–Kier alpha value is -4.78. The number of ether oxygens (including phenoxy) is 1. The second-order valence-electron chi connectivity index (χ2n) is 10.3. The summed E-state index contributed by atoms with van der Waals surface area (Å²) in [7, 11) is 1.55. The Morgan fingerprint density at radius 2 is 1.75 bits per heavy atom. The van der Waals surface area contributed by atoms with E-state index >= 15 is 0 Å². The molecule has 3 aromatic carbocycles. The molecule has 0 bridgehead atoms. The summed E-state index contributed by atoms with van der Waals surface area (Å²) in [4.78, 5) is 22.3. The number of benzene rings is 3. The van der Waals surface area contributed by atoms with Crippen molar-refractivity contribution in [1.82, 2.24) is 15.3 Å². The van der Waals surface area contributed by atoms with Crippen molar-refractivity contribution < 1.29 is 18.3 Å². The van der Waals surface area contributed by atoms with E-state index in [9.17, 15) is 9.18 Å². The summed E-state index contributed by atoms with van der Waals surface area (Å²) in [5, 5.41) is 4.05. The molecule has 1 aliphatic rings. The Labute approximate surface area is 231 Å². The normalized spacial score (nSPS) is 13.7. The maximum Gasteiger partial charge on any atom is 0.255 e. The Morgan fingerprint density at radius 3 is 2.40 bits per heavy atom. The van der Waals surface area contributed by atoms with Crippen molar-refractivity contribution >= 4 is 22.4 Å². The van der Waals surface area contributed by atoms with E-state index < -0.39 is 5.54 Å². The number of fused-ring (bicyclic) bond motifs is 1. The van der Waals surface area contributed by atoms with Crippen molar-refractivity contribution in [3.63, 3.8) is 0 Å². The summed E-state index contributed by atoms with van der Waals surface area (Å²) < 4.78 is 25.4. The molecule has 7 heteroatoms. The van der Waals surface area contributed by atoms with Gasteiger partial charge >= 0.3 is 0 Å². The van der Waals surface area contributed by atoms with E-state index in [2.05, 4.69) is 27.9 Å². The van der Waals surface area contributed by atoms with Crippen molar-refractivity contribution in [1.29, 1.82) is 0 Å². The highest BCUT2D eigenvalue weighted by atomic mass is 19.1. The summed E-state index contributed by atoms with van der Waals surface area (Å²) in [5.41, 5.74) is 5.85. The van der Waals surface area contributed by atoms with Crippen LogP contribution in [0.25, 0.3) is 39.0 Å². The number of aromatic nitrogens is 2. The number of methoxy groups -OCH3 is 1. The lowest BCUT2D eigenvalue weighted by atomic mass is 9.94. The summed E-state index contributed by atoms with van der Waals surface area (Å²) in [6.45, 7) is 8.12. The molecule has 2 heterocycles. The largest absolute Gasteiger partial charge is 0.496 e. The van der Waals surface area contributed by atoms with Crippen LogP contribution in [0.5, 0.6) is 5.75 Å². The van der Waals surface area contributed by atoms with Crippen LogP contribution in [0.1, 0.15) is 47.1 Å². The Morgan fingerprint density at radius 1 is 1.05 bits per heavy atom. The molecule has 5 aromatic rings. The summed E-state index contributed by atoms with van der Waals surface area (Å²) in [5.74, 6) is 1.19. The first-order valence-corrected chi connectivity index (χ1v) is 13.1. The first-order valence-electron chi connectivity index (χ1n) is 13.1. The van der Waals surface area contributed by atoms with Gasteiger partial charge < -0.3 is 14.5 Å². The number of hydrogen-bond acceptors (Lipinski definition) is 5. The summed E-state index contributed by atoms with van der Waals surface area (Å²) >= 11 is 0. The van der Waals surface area contributed by atoms with E-state index in [1.807, 2.05) is 38.1 Å². The predicted octanol–water partition coefficient (Wildman–Crippen LogP) is 7.47. The van der Waals surface area contributed by atoms with Crippen LogP contribution in [0.3, 0.4) is 0 Å². The van der Waals surface area contributed by atoms with Gasteiger partial charge in [0.1, 0.15) is 28.4 Å². The average Bonchev–Trinajstić information content (AvgIpc) is 3.65. The fraction of sp³-hybridized carbons (Fsp3) is 0.182. The molecule has 0 saturated heterocycles. The Bertz CT molecular complexity index is 1770. The van der Waals surface area contributed by atoms with Crippen LogP contribution in [0.4, 0.5) is 4.39 Å². The number of allylic oxidation sites excluding steroid dienone is 1. The third kappa shape index (κ3) is 4.43. The molecule has 1 saturated carbocycles. The molecule has 0 radical (unpaired) electrons. The van der Waals surface area contributed by atoms with Gasteiger partial charge in [0.05, 0.1) is 12.7 Å². The predicted molar refractivity (Wildman–Crippen MR) is 153 cm³/mol. The van der Waals surface area contributed by atoms with Crippen LogP contribution in [-0.4, -0.2) is 23.0 Å². The zero-order valence-corrected chi connectivity index (χ0v) is 22.5. The number of rotatable bonds is 7. The van der Waals surface area contributed by atoms with Crippen molar-refractivity contribution in [2.75, 3.05) is 7.11 Å². The molecule has 0 spiro atoms. The standard InChI is InChI=1S/C33H28FN3O3/c1-19(2)29-25-18-24(20(3)16-28(25)40-30(29)21-6-9-23(34)10-7-21)22-8-11-27(39-4)26(17-22)31(38)37-33(12-13-33)32-35-14-5-15-36-32/h5-11,14-18H,1,12-13H2,2-4H3,(H,37,38). The molecule has 200 valence electrons. The van der Waals surface area contributed by atoms with Crippen LogP contribution >= 0.6 is 0 Å². The fourth-order valence-electron chi connectivity index (χ4n) is 5.20. The van der Waals surface area contributed by atoms with Crippen LogP contribution in [0, 0.1) is 12.7 Å². The second kappa shape index (κ2) is 9.75. The lowest BCUT2D eigenvalue weighted by Gasteiger charge is -2.18. The third-order valence-electron chi connectivity index (χ3n) is 7.42. The Kier molecular flexibility index (Phi) is 6.22. The molecule has 0 atom stereocenters. The number of hydrogen-bond donors (Lipinski definition) is 1. The number of halogens is 1. The number of furan rings is 1. The first-order chi connectivity index (χ1) is 19.3. The topological polar surface area (TPSA) is 77.2 Å². The zero-order chi connectivity index (χ0) is 28.0. The molecule has 0 unspecified atom stereocenters. The van der Waals surface area contributed by atoms with Crippen molar-refractivity contribution in [3.05, 3.63) is 108 Å². The number of carbonyl (C=O) groups excluding carboxylic acids is 1. The molecule has 1 fully saturated rings. The van der Waals surface area contributed by atoms with E-state index in [1.165, 1.54) is 12.1 Å². The number of nitrogens with zero attached hydrogens (tertiary/aromatic N) is 2. The number of amides is 1. The maximum atomic E-state index is 13.6. The van der Waals surface area contributed by atoms with E-state index in [4.69, 9.17) is 9.15 Å². The highest BCUT2D eigenvalue weighted by Gasteiger charge is 2.48. The van der Waals surface area contributed by atoms with E-state index in [0.717, 1.165) is 51.6 Å². The van der Waals surface area contributed by atoms with Crippen molar-refractivity contribution in [3.8, 4) is 28.2 Å². The van der Waals surface area contributed by atoms with Crippen LogP contribution in [0.2, 0.25) is 0 Å². The minimum atomic E-state index is -0.557. The molecule has 6 nitrogen and oxygen atoms in total. The number of nitrogens with one attached hydrogen (secondary N) is 1. The average molecular weight is 534 g/mol. The number of carbonyl (C=O) groups is 1. The highest BCUT2D eigenvalue weighted by Crippen LogP contribution is 2.44. The van der Waals surface area contributed by atoms with Gasteiger partial charge in [-0.15, -0.1) is 0 Å². The monoisotopic (exact) mass is 533 g/mol. The van der Waals surface area contributed by atoms with Gasteiger partial charge in [-0.25, -0.2) is 14.4 Å². The Balaban J connectivity index is 1.42. The summed E-state index contributed by atoms with van der Waals surface area (Å²) in [6.07, 6.45) is 4.93. The van der Waals surface area contributed by atoms with Gasteiger partial charge in [0.2, 0.25) is 0 Å². The SMILES string of the molecule is C=C(C)c1c(-c2ccc(F)cc2)oc2cc(C)c(-c3ccc(OC)c(C(=O)NC4(c5ncccn5)CC4)c3)cc12. The zero-order valence-electron chi connectivity index (χ0n) is 22.5. The van der Waals surface area contributed by atoms with Crippen LogP contribution in [-0.2, 0) is 5.54 Å². The first kappa shape index (κ1) is 25.5. The number of aryl methyl sites for hydroxylation is 1. The summed E-state index contributed by atoms with van der Waals surface area (Å²) in [6, 6.07) is 17.7. The van der Waals surface area contributed by atoms with E-state index in [0.29, 0.717) is 28.5 Å². The van der Waals surface area contributed by atoms with Gasteiger partial charge in [0, 0.05) is 28.9 Å². The van der Waals surface area contributed by atoms with Gasteiger partial charge in [0.25, 0.3) is 5.91 Å². The molecule has 1 N–H and O–H groups in total. The van der Waals surface area contributed by atoms with Crippen molar-refractivity contribution in [2.24, 2.45) is 0 Å². The van der Waals surface area contributed by atoms with E-state index in [1.54, 1.807) is 37.7 Å². The van der Waals surface area contributed by atoms with Gasteiger partial charge in [-0.2, -0.15) is 0 Å². The smallest absolute Gasteiger partial charge is 0.255 e. The fourth-order valence-corrected chi connectivity index (χ4v) is 5.20. The quantitative estimate of drug-likeness (QED) is 0.235. The molecule has 1 aliphatic carbocycles. The molecule has 0 aliphatic heterocycles. The molecule has 40 heavy (non-hydrogen) atoms. The van der Waals surface area contributed by atoms with Crippen LogP contribution < -0.4 is 10.1 Å². The maximum absolute atomic E-state index is 13.6. The van der Waals surface area contributed by atoms with Crippen LogP contribution in [0.15, 0.2) is 84.1 Å². The minimum Gasteiger partial charge on any atom is -0.496 e. The van der Waals surface area contributed by atoms with Crippen molar-refractivity contribution in [2.45, 2.75) is 32.2 Å². The molecule has 6 rings (SSSR count). The van der Waals surface area contributed by atoms with Gasteiger partial charge in [-0.3, -0.25) is 4.79 Å². The lowest BCUT2D eigenvalue weighted by molar-refractivity contribution is 0.0925. The molecule has 2 aromatic heterocycles. The van der Waals surface area contributed by atoms with Gasteiger partial charge in [-0.1, -0.05) is 12.6 Å². The van der Waals surface area contributed by atoms with E-state index in [-0.39, 0.29) is 11.7 Å². The molecular weight excluding hydrogens is 505 g/mol. The lowest BCUT2D eigenvalue weighted by Crippen LogP contribution is -2.36. The van der Waals surface area contributed by atoms with Gasteiger partial charge in [-0.05, 0) is 104 Å². The third-order valence-corrected chi connectivity index (χ3v) is 7.42. The van der Waals surface area contributed by atoms with Gasteiger partial charge in [0.15, 0.2) is 5.82 Å². The molecule has 1 amide bonds. The molecular formula is C33H28FN3O3. The second-order valence-corrected chi connectivity index (χ2v) is 10.3. The minimum absolute atomic E-state index is 0.244.